The van der Waals surface area contributed by atoms with Gasteiger partial charge in [-0.25, -0.2) is 0 Å². The molecule has 3 heterocycles. The zero-order valence-corrected chi connectivity index (χ0v) is 15.4. The molecule has 25 heavy (non-hydrogen) atoms. The Hall–Kier alpha value is -1.55. The van der Waals surface area contributed by atoms with Crippen molar-refractivity contribution in [1.29, 1.82) is 0 Å². The van der Waals surface area contributed by atoms with Crippen LogP contribution in [0.25, 0.3) is 0 Å². The number of benzene rings is 1. The van der Waals surface area contributed by atoms with E-state index in [2.05, 4.69) is 22.8 Å². The number of rotatable bonds is 4. The van der Waals surface area contributed by atoms with E-state index in [-0.39, 0.29) is 12.0 Å². The van der Waals surface area contributed by atoms with Crippen LogP contribution in [-0.2, 0) is 6.42 Å². The number of nitrogens with zero attached hydrogens (tertiary/aromatic N) is 2. The van der Waals surface area contributed by atoms with Gasteiger partial charge in [0.05, 0.1) is 0 Å². The largest absolute Gasteiger partial charge is 0.490 e. The number of hydrogen-bond acceptors (Lipinski definition) is 3. The molecular formula is C21H30N2O2. The first kappa shape index (κ1) is 16.9. The van der Waals surface area contributed by atoms with Gasteiger partial charge in [0.25, 0.3) is 5.91 Å². The first-order valence-electron chi connectivity index (χ1n) is 10.0. The molecule has 0 aliphatic carbocycles. The van der Waals surface area contributed by atoms with Crippen LogP contribution in [0.4, 0.5) is 0 Å². The number of piperidine rings is 1. The van der Waals surface area contributed by atoms with Gasteiger partial charge in [-0.3, -0.25) is 4.79 Å². The van der Waals surface area contributed by atoms with Crippen molar-refractivity contribution in [2.45, 2.75) is 64.0 Å². The van der Waals surface area contributed by atoms with E-state index in [1.807, 2.05) is 12.1 Å². The van der Waals surface area contributed by atoms with Crippen molar-refractivity contribution in [3.05, 3.63) is 29.3 Å². The average Bonchev–Trinajstić information content (AvgIpc) is 3.27. The molecule has 0 aromatic heterocycles. The van der Waals surface area contributed by atoms with Crippen molar-refractivity contribution in [3.63, 3.8) is 0 Å². The molecule has 4 nitrogen and oxygen atoms in total. The maximum Gasteiger partial charge on any atom is 0.254 e. The number of carbonyl (C=O) groups excluding carboxylic acids is 1. The summed E-state index contributed by atoms with van der Waals surface area (Å²) in [5.41, 5.74) is 2.02. The number of ether oxygens (including phenoxy) is 1. The lowest BCUT2D eigenvalue weighted by molar-refractivity contribution is 0.0588. The quantitative estimate of drug-likeness (QED) is 0.840. The zero-order chi connectivity index (χ0) is 17.2. The molecule has 2 saturated heterocycles. The summed E-state index contributed by atoms with van der Waals surface area (Å²) < 4.78 is 5.77. The third-order valence-electron chi connectivity index (χ3n) is 6.01. The molecule has 3 aliphatic heterocycles. The van der Waals surface area contributed by atoms with Gasteiger partial charge in [-0.05, 0) is 82.3 Å². The molecule has 2 atom stereocenters. The second kappa shape index (κ2) is 7.36. The molecule has 2 fully saturated rings. The lowest BCUT2D eigenvalue weighted by Crippen LogP contribution is -2.45. The van der Waals surface area contributed by atoms with E-state index in [0.29, 0.717) is 6.04 Å². The summed E-state index contributed by atoms with van der Waals surface area (Å²) >= 11 is 0. The van der Waals surface area contributed by atoms with Crippen LogP contribution in [0.15, 0.2) is 18.2 Å². The average molecular weight is 342 g/mol. The van der Waals surface area contributed by atoms with Crippen LogP contribution in [-0.4, -0.2) is 54.0 Å². The lowest BCUT2D eigenvalue weighted by atomic mass is 9.97. The minimum Gasteiger partial charge on any atom is -0.490 e. The van der Waals surface area contributed by atoms with Crippen molar-refractivity contribution in [2.24, 2.45) is 0 Å². The fourth-order valence-electron chi connectivity index (χ4n) is 4.63. The molecular weight excluding hydrogens is 312 g/mol. The smallest absolute Gasteiger partial charge is 0.254 e. The van der Waals surface area contributed by atoms with Gasteiger partial charge in [-0.2, -0.15) is 0 Å². The first-order valence-corrected chi connectivity index (χ1v) is 10.0. The van der Waals surface area contributed by atoms with Crippen molar-refractivity contribution in [1.82, 2.24) is 9.80 Å². The highest BCUT2D eigenvalue weighted by Crippen LogP contribution is 2.31. The summed E-state index contributed by atoms with van der Waals surface area (Å²) in [6.07, 6.45) is 8.48. The molecule has 136 valence electrons. The minimum atomic E-state index is 0.216. The van der Waals surface area contributed by atoms with Gasteiger partial charge in [0.15, 0.2) is 0 Å². The molecule has 4 rings (SSSR count). The van der Waals surface area contributed by atoms with Crippen LogP contribution in [0.3, 0.4) is 0 Å². The molecule has 4 heteroatoms. The summed E-state index contributed by atoms with van der Waals surface area (Å²) in [6, 6.07) is 6.40. The summed E-state index contributed by atoms with van der Waals surface area (Å²) in [5, 5.41) is 0. The van der Waals surface area contributed by atoms with Gasteiger partial charge < -0.3 is 14.5 Å². The van der Waals surface area contributed by atoms with Gasteiger partial charge in [0, 0.05) is 31.1 Å². The number of carbonyl (C=O) groups is 1. The van der Waals surface area contributed by atoms with Crippen molar-refractivity contribution in [2.75, 3.05) is 26.2 Å². The summed E-state index contributed by atoms with van der Waals surface area (Å²) in [4.78, 5) is 17.9. The van der Waals surface area contributed by atoms with E-state index in [4.69, 9.17) is 4.74 Å². The van der Waals surface area contributed by atoms with E-state index in [1.165, 1.54) is 37.9 Å². The zero-order valence-electron chi connectivity index (χ0n) is 15.4. The molecule has 0 spiro atoms. The third-order valence-corrected chi connectivity index (χ3v) is 6.01. The fraction of sp³-hybridized carbons (Fsp3) is 0.667. The van der Waals surface area contributed by atoms with E-state index < -0.39 is 0 Å². The number of fused-ring (bicyclic) bond motifs is 1. The van der Waals surface area contributed by atoms with Crippen LogP contribution in [0.2, 0.25) is 0 Å². The Morgan fingerprint density at radius 1 is 1.16 bits per heavy atom. The monoisotopic (exact) mass is 342 g/mol. The molecule has 3 aliphatic rings. The molecule has 0 bridgehead atoms. The van der Waals surface area contributed by atoms with Crippen molar-refractivity contribution < 1.29 is 9.53 Å². The normalized spacial score (nSPS) is 26.5. The Kier molecular flexibility index (Phi) is 4.98. The highest BCUT2D eigenvalue weighted by molar-refractivity contribution is 5.95. The standard InChI is InChI=1S/C21H30N2O2/c1-16-14-18-15-17(7-8-20(18)25-16)21(24)23-12-3-2-6-19(23)9-13-22-10-4-5-11-22/h7-8,15-16,19H,2-6,9-14H2,1H3. The molecule has 0 radical (unpaired) electrons. The topological polar surface area (TPSA) is 32.8 Å². The Bertz CT molecular complexity index is 624. The Balaban J connectivity index is 1.44. The van der Waals surface area contributed by atoms with Crippen LogP contribution in [0.1, 0.15) is 61.4 Å². The first-order chi connectivity index (χ1) is 12.2. The highest BCUT2D eigenvalue weighted by Gasteiger charge is 2.29. The van der Waals surface area contributed by atoms with E-state index in [9.17, 15) is 4.79 Å². The van der Waals surface area contributed by atoms with Crippen LogP contribution >= 0.6 is 0 Å². The number of hydrogen-bond donors (Lipinski definition) is 0. The van der Waals surface area contributed by atoms with Crippen LogP contribution < -0.4 is 4.74 Å². The van der Waals surface area contributed by atoms with Gasteiger partial charge in [0.2, 0.25) is 0 Å². The van der Waals surface area contributed by atoms with E-state index >= 15 is 0 Å². The van der Waals surface area contributed by atoms with Gasteiger partial charge in [-0.15, -0.1) is 0 Å². The van der Waals surface area contributed by atoms with Gasteiger partial charge in [0.1, 0.15) is 11.9 Å². The number of amides is 1. The van der Waals surface area contributed by atoms with Gasteiger partial charge >= 0.3 is 0 Å². The second-order valence-electron chi connectivity index (χ2n) is 7.94. The van der Waals surface area contributed by atoms with Crippen LogP contribution in [0.5, 0.6) is 5.75 Å². The highest BCUT2D eigenvalue weighted by atomic mass is 16.5. The van der Waals surface area contributed by atoms with Crippen LogP contribution in [0, 0.1) is 0 Å². The fourth-order valence-corrected chi connectivity index (χ4v) is 4.63. The predicted molar refractivity (Wildman–Crippen MR) is 99.2 cm³/mol. The van der Waals surface area contributed by atoms with Crippen molar-refractivity contribution >= 4 is 5.91 Å². The Labute approximate surface area is 151 Å². The van der Waals surface area contributed by atoms with E-state index in [0.717, 1.165) is 50.1 Å². The van der Waals surface area contributed by atoms with E-state index in [1.54, 1.807) is 0 Å². The molecule has 1 amide bonds. The Morgan fingerprint density at radius 2 is 1.96 bits per heavy atom. The molecule has 2 unspecified atom stereocenters. The molecule has 1 aromatic carbocycles. The Morgan fingerprint density at radius 3 is 2.80 bits per heavy atom. The predicted octanol–water partition coefficient (Wildman–Crippen LogP) is 3.49. The second-order valence-corrected chi connectivity index (χ2v) is 7.94. The third kappa shape index (κ3) is 3.69. The lowest BCUT2D eigenvalue weighted by Gasteiger charge is -2.36. The molecule has 0 saturated carbocycles. The SMILES string of the molecule is CC1Cc2cc(C(=O)N3CCCCC3CCN3CCCC3)ccc2O1. The minimum absolute atomic E-state index is 0.216. The maximum atomic E-state index is 13.2. The van der Waals surface area contributed by atoms with Gasteiger partial charge in [-0.1, -0.05) is 0 Å². The van der Waals surface area contributed by atoms with Crippen molar-refractivity contribution in [3.8, 4) is 5.75 Å². The summed E-state index contributed by atoms with van der Waals surface area (Å²) in [5.74, 6) is 1.17. The number of likely N-dealkylation sites (tertiary alicyclic amines) is 2. The summed E-state index contributed by atoms with van der Waals surface area (Å²) in [6.45, 7) is 6.62. The molecule has 0 N–H and O–H groups in total. The maximum absolute atomic E-state index is 13.2. The summed E-state index contributed by atoms with van der Waals surface area (Å²) in [7, 11) is 0. The molecule has 1 aromatic rings.